The van der Waals surface area contributed by atoms with Crippen molar-refractivity contribution >= 4 is 17.3 Å². The summed E-state index contributed by atoms with van der Waals surface area (Å²) >= 11 is 5.50. The number of pyridine rings is 1. The Kier molecular flexibility index (Phi) is 2.75. The number of hydrogen-bond donors (Lipinski definition) is 1. The van der Waals surface area contributed by atoms with Gasteiger partial charge in [-0.1, -0.05) is 11.6 Å². The van der Waals surface area contributed by atoms with Crippen LogP contribution in [-0.4, -0.2) is 11.3 Å². The number of alkyl halides is 3. The van der Waals surface area contributed by atoms with Crippen LogP contribution in [0.25, 0.3) is 0 Å². The molecule has 0 aliphatic rings. The van der Waals surface area contributed by atoms with E-state index in [2.05, 4.69) is 9.72 Å². The third-order valence-corrected chi connectivity index (χ3v) is 1.74. The van der Waals surface area contributed by atoms with Crippen LogP contribution in [0.5, 0.6) is 5.88 Å². The van der Waals surface area contributed by atoms with Crippen molar-refractivity contribution in [2.24, 2.45) is 0 Å². The molecular formula is C7H6ClF3N2O. The van der Waals surface area contributed by atoms with Crippen LogP contribution in [0, 0.1) is 6.92 Å². The van der Waals surface area contributed by atoms with Gasteiger partial charge in [-0.2, -0.15) is 4.98 Å². The van der Waals surface area contributed by atoms with Crippen LogP contribution in [0.2, 0.25) is 5.15 Å². The van der Waals surface area contributed by atoms with Gasteiger partial charge in [0.1, 0.15) is 5.15 Å². The van der Waals surface area contributed by atoms with E-state index in [0.717, 1.165) is 0 Å². The summed E-state index contributed by atoms with van der Waals surface area (Å²) in [6.07, 6.45) is -4.82. The fourth-order valence-corrected chi connectivity index (χ4v) is 0.919. The Labute approximate surface area is 82.6 Å². The van der Waals surface area contributed by atoms with E-state index in [4.69, 9.17) is 17.3 Å². The number of nitrogens with zero attached hydrogens (tertiary/aromatic N) is 1. The van der Waals surface area contributed by atoms with Crippen LogP contribution in [0.1, 0.15) is 5.56 Å². The van der Waals surface area contributed by atoms with Gasteiger partial charge < -0.3 is 10.5 Å². The van der Waals surface area contributed by atoms with Crippen LogP contribution in [-0.2, 0) is 0 Å². The number of halogens is 4. The average Bonchev–Trinajstić information content (AvgIpc) is 1.97. The molecular weight excluding hydrogens is 221 g/mol. The molecule has 0 aliphatic carbocycles. The highest BCUT2D eigenvalue weighted by Crippen LogP contribution is 2.29. The molecule has 1 aromatic rings. The van der Waals surface area contributed by atoms with E-state index in [1.807, 2.05) is 0 Å². The second kappa shape index (κ2) is 3.53. The summed E-state index contributed by atoms with van der Waals surface area (Å²) in [5, 5.41) is -0.0709. The van der Waals surface area contributed by atoms with Crippen molar-refractivity contribution in [3.63, 3.8) is 0 Å². The second-order valence-corrected chi connectivity index (χ2v) is 2.90. The van der Waals surface area contributed by atoms with Gasteiger partial charge in [-0.15, -0.1) is 13.2 Å². The van der Waals surface area contributed by atoms with Gasteiger partial charge in [0.05, 0.1) is 5.69 Å². The lowest BCUT2D eigenvalue weighted by molar-refractivity contribution is -0.275. The van der Waals surface area contributed by atoms with Gasteiger partial charge in [-0.3, -0.25) is 0 Å². The summed E-state index contributed by atoms with van der Waals surface area (Å²) < 4.78 is 38.9. The van der Waals surface area contributed by atoms with Gasteiger partial charge in [-0.25, -0.2) is 0 Å². The van der Waals surface area contributed by atoms with Gasteiger partial charge >= 0.3 is 6.36 Å². The predicted molar refractivity (Wildman–Crippen MR) is 45.1 cm³/mol. The first-order chi connectivity index (χ1) is 6.29. The molecule has 2 N–H and O–H groups in total. The molecule has 0 atom stereocenters. The smallest absolute Gasteiger partial charge is 0.394 e. The maximum Gasteiger partial charge on any atom is 0.574 e. The van der Waals surface area contributed by atoms with Crippen molar-refractivity contribution in [2.75, 3.05) is 5.73 Å². The third-order valence-electron chi connectivity index (χ3n) is 1.36. The van der Waals surface area contributed by atoms with Crippen molar-refractivity contribution in [3.05, 3.63) is 16.8 Å². The maximum atomic E-state index is 11.8. The largest absolute Gasteiger partial charge is 0.574 e. The zero-order valence-corrected chi connectivity index (χ0v) is 7.78. The summed E-state index contributed by atoms with van der Waals surface area (Å²) in [7, 11) is 0. The fraction of sp³-hybridized carbons (Fsp3) is 0.286. The number of anilines is 1. The minimum atomic E-state index is -4.82. The Morgan fingerprint density at radius 3 is 2.57 bits per heavy atom. The SMILES string of the molecule is Cc1cc(N)c(OC(F)(F)F)nc1Cl. The zero-order chi connectivity index (χ0) is 10.9. The molecule has 0 saturated carbocycles. The van der Waals surface area contributed by atoms with Crippen LogP contribution in [0.4, 0.5) is 18.9 Å². The Hall–Kier alpha value is -1.17. The molecule has 0 saturated heterocycles. The first-order valence-corrected chi connectivity index (χ1v) is 3.86. The number of hydrogen-bond acceptors (Lipinski definition) is 3. The Morgan fingerprint density at radius 1 is 1.50 bits per heavy atom. The number of rotatable bonds is 1. The second-order valence-electron chi connectivity index (χ2n) is 2.54. The molecule has 3 nitrogen and oxygen atoms in total. The van der Waals surface area contributed by atoms with Crippen molar-refractivity contribution in [1.82, 2.24) is 4.98 Å². The summed E-state index contributed by atoms with van der Waals surface area (Å²) in [4.78, 5) is 3.36. The molecule has 0 amide bonds. The number of nitrogen functional groups attached to an aromatic ring is 1. The van der Waals surface area contributed by atoms with Gasteiger partial charge in [0.25, 0.3) is 0 Å². The molecule has 0 aromatic carbocycles. The lowest BCUT2D eigenvalue weighted by atomic mass is 10.3. The van der Waals surface area contributed by atoms with Crippen molar-refractivity contribution in [2.45, 2.75) is 13.3 Å². The van der Waals surface area contributed by atoms with Crippen LogP contribution in [0.15, 0.2) is 6.07 Å². The van der Waals surface area contributed by atoms with Crippen LogP contribution < -0.4 is 10.5 Å². The van der Waals surface area contributed by atoms with Crippen LogP contribution >= 0.6 is 11.6 Å². The summed E-state index contributed by atoms with van der Waals surface area (Å²) in [6, 6.07) is 1.26. The highest BCUT2D eigenvalue weighted by atomic mass is 35.5. The molecule has 7 heteroatoms. The van der Waals surface area contributed by atoms with E-state index >= 15 is 0 Å². The number of nitrogens with two attached hydrogens (primary N) is 1. The minimum absolute atomic E-state index is 0.0709. The third kappa shape index (κ3) is 2.66. The van der Waals surface area contributed by atoms with E-state index in [-0.39, 0.29) is 10.8 Å². The van der Waals surface area contributed by atoms with E-state index in [9.17, 15) is 13.2 Å². The number of aromatic nitrogens is 1. The van der Waals surface area contributed by atoms with Crippen LogP contribution in [0.3, 0.4) is 0 Å². The topological polar surface area (TPSA) is 48.1 Å². The predicted octanol–water partition coefficient (Wildman–Crippen LogP) is 2.52. The zero-order valence-electron chi connectivity index (χ0n) is 7.02. The van der Waals surface area contributed by atoms with Crippen molar-refractivity contribution in [1.29, 1.82) is 0 Å². The maximum absolute atomic E-state index is 11.8. The van der Waals surface area contributed by atoms with Crippen molar-refractivity contribution < 1.29 is 17.9 Å². The molecule has 1 heterocycles. The normalized spacial score (nSPS) is 11.5. The molecule has 1 aromatic heterocycles. The molecule has 0 radical (unpaired) electrons. The van der Waals surface area contributed by atoms with E-state index < -0.39 is 12.2 Å². The number of ether oxygens (including phenoxy) is 1. The average molecular weight is 227 g/mol. The molecule has 14 heavy (non-hydrogen) atoms. The Bertz CT molecular complexity index is 354. The molecule has 1 rings (SSSR count). The molecule has 78 valence electrons. The molecule has 0 aliphatic heterocycles. The first-order valence-electron chi connectivity index (χ1n) is 3.48. The standard InChI is InChI=1S/C7H6ClF3N2O/c1-3-2-4(12)6(13-5(3)8)14-7(9,10)11/h2H,12H2,1H3. The minimum Gasteiger partial charge on any atom is -0.394 e. The molecule has 0 bridgehead atoms. The Morgan fingerprint density at radius 2 is 2.07 bits per heavy atom. The lowest BCUT2D eigenvalue weighted by Gasteiger charge is -2.10. The van der Waals surface area contributed by atoms with E-state index in [1.165, 1.54) is 6.07 Å². The van der Waals surface area contributed by atoms with Gasteiger partial charge in [0.2, 0.25) is 5.88 Å². The quantitative estimate of drug-likeness (QED) is 0.749. The van der Waals surface area contributed by atoms with Gasteiger partial charge in [0, 0.05) is 0 Å². The Balaban J connectivity index is 3.04. The van der Waals surface area contributed by atoms with Gasteiger partial charge in [0.15, 0.2) is 0 Å². The van der Waals surface area contributed by atoms with E-state index in [0.29, 0.717) is 5.56 Å². The monoisotopic (exact) mass is 226 g/mol. The first kappa shape index (κ1) is 10.9. The fourth-order valence-electron chi connectivity index (χ4n) is 0.788. The number of aryl methyl sites for hydroxylation is 1. The summed E-state index contributed by atoms with van der Waals surface area (Å²) in [6.45, 7) is 1.57. The van der Waals surface area contributed by atoms with Gasteiger partial charge in [-0.05, 0) is 18.6 Å². The molecule has 0 spiro atoms. The van der Waals surface area contributed by atoms with E-state index in [1.54, 1.807) is 6.92 Å². The highest BCUT2D eigenvalue weighted by molar-refractivity contribution is 6.30. The highest BCUT2D eigenvalue weighted by Gasteiger charge is 2.32. The summed E-state index contributed by atoms with van der Waals surface area (Å²) in [5.74, 6) is -0.729. The summed E-state index contributed by atoms with van der Waals surface area (Å²) in [5.41, 5.74) is 5.53. The lowest BCUT2D eigenvalue weighted by Crippen LogP contribution is -2.19. The van der Waals surface area contributed by atoms with Crippen molar-refractivity contribution in [3.8, 4) is 5.88 Å². The molecule has 0 unspecified atom stereocenters. The molecule has 0 fully saturated rings.